The zero-order valence-corrected chi connectivity index (χ0v) is 19.4. The Labute approximate surface area is 186 Å². The highest BCUT2D eigenvalue weighted by atomic mass is 32.2. The van der Waals surface area contributed by atoms with E-state index in [9.17, 15) is 8.42 Å². The first-order valence-electron chi connectivity index (χ1n) is 9.88. The molecule has 4 rings (SSSR count). The summed E-state index contributed by atoms with van der Waals surface area (Å²) in [4.78, 5) is 5.05. The third-order valence-corrected chi connectivity index (χ3v) is 8.22. The van der Waals surface area contributed by atoms with Crippen LogP contribution in [0.3, 0.4) is 0 Å². The second kappa shape index (κ2) is 8.28. The van der Waals surface area contributed by atoms with Crippen LogP contribution >= 0.6 is 11.3 Å². The number of nitrogens with zero attached hydrogens (tertiary/aromatic N) is 3. The maximum atomic E-state index is 13.3. The molecule has 0 radical (unpaired) electrons. The van der Waals surface area contributed by atoms with Crippen LogP contribution in [-0.4, -0.2) is 25.6 Å². The van der Waals surface area contributed by atoms with Crippen molar-refractivity contribution in [2.75, 3.05) is 11.4 Å². The predicted molar refractivity (Wildman–Crippen MR) is 124 cm³/mol. The van der Waals surface area contributed by atoms with E-state index < -0.39 is 10.0 Å². The second-order valence-electron chi connectivity index (χ2n) is 7.33. The SMILES string of the molecule is CCc1ccc(N(C)S(=O)(=O)c2ccsc2-c2nc(-c3ccc(C)c(C)c3)no2)cc1. The molecule has 2 heterocycles. The zero-order valence-electron chi connectivity index (χ0n) is 17.8. The molecule has 0 saturated carbocycles. The molecule has 0 atom stereocenters. The largest absolute Gasteiger partial charge is 0.333 e. The van der Waals surface area contributed by atoms with Gasteiger partial charge in [-0.05, 0) is 66.6 Å². The van der Waals surface area contributed by atoms with Gasteiger partial charge in [0.25, 0.3) is 15.9 Å². The minimum absolute atomic E-state index is 0.148. The average Bonchev–Trinajstić information content (AvgIpc) is 3.45. The molecule has 0 aliphatic heterocycles. The van der Waals surface area contributed by atoms with Gasteiger partial charge >= 0.3 is 0 Å². The van der Waals surface area contributed by atoms with Crippen LogP contribution in [0.15, 0.2) is 63.3 Å². The van der Waals surface area contributed by atoms with E-state index in [1.54, 1.807) is 18.5 Å². The molecule has 6 nitrogen and oxygen atoms in total. The Kier molecular flexibility index (Phi) is 5.68. The van der Waals surface area contributed by atoms with Crippen LogP contribution in [-0.2, 0) is 16.4 Å². The molecule has 0 saturated heterocycles. The van der Waals surface area contributed by atoms with E-state index >= 15 is 0 Å². The van der Waals surface area contributed by atoms with Crippen molar-refractivity contribution in [1.29, 1.82) is 0 Å². The summed E-state index contributed by atoms with van der Waals surface area (Å²) in [6.07, 6.45) is 0.894. The summed E-state index contributed by atoms with van der Waals surface area (Å²) < 4.78 is 33.4. The summed E-state index contributed by atoms with van der Waals surface area (Å²) in [5, 5.41) is 5.79. The predicted octanol–water partition coefficient (Wildman–Crippen LogP) is 5.47. The Morgan fingerprint density at radius 2 is 1.77 bits per heavy atom. The van der Waals surface area contributed by atoms with Gasteiger partial charge in [-0.15, -0.1) is 11.3 Å². The summed E-state index contributed by atoms with van der Waals surface area (Å²) in [6.45, 7) is 6.12. The molecule has 31 heavy (non-hydrogen) atoms. The fraction of sp³-hybridized carbons (Fsp3) is 0.217. The Bertz CT molecular complexity index is 1320. The molecule has 0 N–H and O–H groups in total. The lowest BCUT2D eigenvalue weighted by Gasteiger charge is -2.19. The van der Waals surface area contributed by atoms with Gasteiger partial charge in [0, 0.05) is 12.6 Å². The standard InChI is InChI=1S/C23H23N3O3S2/c1-5-17-7-10-19(11-8-17)26(4)31(27,28)20-12-13-30-21(20)23-24-22(25-29-23)18-9-6-15(2)16(3)14-18/h6-14H,5H2,1-4H3. The first kappa shape index (κ1) is 21.3. The van der Waals surface area contributed by atoms with Gasteiger partial charge in [0.05, 0.1) is 5.69 Å². The van der Waals surface area contributed by atoms with Crippen molar-refractivity contribution in [1.82, 2.24) is 10.1 Å². The summed E-state index contributed by atoms with van der Waals surface area (Å²) in [5.41, 5.74) is 4.87. The molecule has 0 amide bonds. The van der Waals surface area contributed by atoms with Gasteiger partial charge in [0.1, 0.15) is 9.77 Å². The van der Waals surface area contributed by atoms with Gasteiger partial charge in [-0.3, -0.25) is 4.31 Å². The van der Waals surface area contributed by atoms with E-state index in [0.717, 1.165) is 23.1 Å². The van der Waals surface area contributed by atoms with Crippen LogP contribution in [0.1, 0.15) is 23.6 Å². The summed E-state index contributed by atoms with van der Waals surface area (Å²) in [6, 6.07) is 15.0. The van der Waals surface area contributed by atoms with Crippen molar-refractivity contribution in [3.63, 3.8) is 0 Å². The minimum atomic E-state index is -3.80. The zero-order chi connectivity index (χ0) is 22.2. The molecule has 4 aromatic rings. The Hall–Kier alpha value is -2.97. The third-order valence-electron chi connectivity index (χ3n) is 5.36. The molecule has 0 spiro atoms. The smallest absolute Gasteiger partial charge is 0.269 e. The first-order valence-corrected chi connectivity index (χ1v) is 12.2. The van der Waals surface area contributed by atoms with E-state index in [1.807, 2.05) is 56.3 Å². The molecule has 0 fully saturated rings. The highest BCUT2D eigenvalue weighted by Gasteiger charge is 2.28. The van der Waals surface area contributed by atoms with Crippen LogP contribution < -0.4 is 4.31 Å². The van der Waals surface area contributed by atoms with Crippen molar-refractivity contribution in [3.05, 3.63) is 70.6 Å². The molecule has 0 unspecified atom stereocenters. The van der Waals surface area contributed by atoms with Gasteiger partial charge in [0.15, 0.2) is 0 Å². The highest BCUT2D eigenvalue weighted by Crippen LogP contribution is 2.35. The first-order chi connectivity index (χ1) is 14.8. The van der Waals surface area contributed by atoms with E-state index in [0.29, 0.717) is 16.4 Å². The number of hydrogen-bond acceptors (Lipinski definition) is 6. The lowest BCUT2D eigenvalue weighted by Crippen LogP contribution is -2.26. The fourth-order valence-corrected chi connectivity index (χ4v) is 5.71. The minimum Gasteiger partial charge on any atom is -0.333 e. The molecule has 0 aliphatic rings. The molecule has 8 heteroatoms. The molecular weight excluding hydrogens is 430 g/mol. The maximum absolute atomic E-state index is 13.3. The summed E-state index contributed by atoms with van der Waals surface area (Å²) in [5.74, 6) is 0.620. The number of rotatable bonds is 6. The Morgan fingerprint density at radius 1 is 1.03 bits per heavy atom. The molecule has 0 bridgehead atoms. The van der Waals surface area contributed by atoms with Gasteiger partial charge in [-0.1, -0.05) is 36.3 Å². The Morgan fingerprint density at radius 3 is 2.45 bits per heavy atom. The van der Waals surface area contributed by atoms with Crippen molar-refractivity contribution in [2.24, 2.45) is 0 Å². The quantitative estimate of drug-likeness (QED) is 0.387. The number of anilines is 1. The number of hydrogen-bond donors (Lipinski definition) is 0. The average molecular weight is 454 g/mol. The van der Waals surface area contributed by atoms with Gasteiger partial charge in [-0.25, -0.2) is 8.42 Å². The lowest BCUT2D eigenvalue weighted by atomic mass is 10.1. The van der Waals surface area contributed by atoms with Gasteiger partial charge in [-0.2, -0.15) is 4.98 Å². The van der Waals surface area contributed by atoms with Crippen LogP contribution in [0.2, 0.25) is 0 Å². The highest BCUT2D eigenvalue weighted by molar-refractivity contribution is 7.93. The normalized spacial score (nSPS) is 11.6. The molecule has 0 aliphatic carbocycles. The number of aromatic nitrogens is 2. The third kappa shape index (κ3) is 4.00. The molecule has 160 valence electrons. The van der Waals surface area contributed by atoms with Gasteiger partial charge < -0.3 is 4.52 Å². The lowest BCUT2D eigenvalue weighted by molar-refractivity contribution is 0.432. The molecule has 2 aromatic carbocycles. The molecule has 2 aromatic heterocycles. The van der Waals surface area contributed by atoms with Crippen LogP contribution in [0, 0.1) is 13.8 Å². The maximum Gasteiger partial charge on any atom is 0.269 e. The monoisotopic (exact) mass is 453 g/mol. The van der Waals surface area contributed by atoms with E-state index in [2.05, 4.69) is 17.1 Å². The van der Waals surface area contributed by atoms with Crippen molar-refractivity contribution < 1.29 is 12.9 Å². The van der Waals surface area contributed by atoms with E-state index in [-0.39, 0.29) is 10.8 Å². The van der Waals surface area contributed by atoms with E-state index in [4.69, 9.17) is 4.52 Å². The Balaban J connectivity index is 1.68. The van der Waals surface area contributed by atoms with Crippen LogP contribution in [0.25, 0.3) is 22.2 Å². The number of sulfonamides is 1. The van der Waals surface area contributed by atoms with Crippen molar-refractivity contribution in [2.45, 2.75) is 32.1 Å². The van der Waals surface area contributed by atoms with Gasteiger partial charge in [0.2, 0.25) is 5.82 Å². The van der Waals surface area contributed by atoms with Crippen molar-refractivity contribution >= 4 is 27.0 Å². The number of thiophene rings is 1. The van der Waals surface area contributed by atoms with Crippen LogP contribution in [0.5, 0.6) is 0 Å². The van der Waals surface area contributed by atoms with Crippen molar-refractivity contribution in [3.8, 4) is 22.2 Å². The van der Waals surface area contributed by atoms with E-state index in [1.165, 1.54) is 21.2 Å². The topological polar surface area (TPSA) is 76.3 Å². The van der Waals surface area contributed by atoms with Crippen LogP contribution in [0.4, 0.5) is 5.69 Å². The summed E-state index contributed by atoms with van der Waals surface area (Å²) in [7, 11) is -2.25. The summed E-state index contributed by atoms with van der Waals surface area (Å²) >= 11 is 1.26. The number of aryl methyl sites for hydroxylation is 3. The second-order valence-corrected chi connectivity index (χ2v) is 10.2. The fourth-order valence-electron chi connectivity index (χ4n) is 3.20. The molecular formula is C23H23N3O3S2. The number of benzene rings is 2.